The van der Waals surface area contributed by atoms with E-state index in [9.17, 15) is 4.79 Å². The summed E-state index contributed by atoms with van der Waals surface area (Å²) < 4.78 is 0. The summed E-state index contributed by atoms with van der Waals surface area (Å²) in [5, 5.41) is 0. The molecule has 0 saturated carbocycles. The molecule has 18 heavy (non-hydrogen) atoms. The normalized spacial score (nSPS) is 19.7. The predicted octanol–water partition coefficient (Wildman–Crippen LogP) is 2.22. The summed E-state index contributed by atoms with van der Waals surface area (Å²) in [5.41, 5.74) is 1.15. The summed E-state index contributed by atoms with van der Waals surface area (Å²) in [6, 6.07) is 4.35. The number of carbonyl (C=O) groups is 1. The van der Waals surface area contributed by atoms with Crippen molar-refractivity contribution in [2.75, 3.05) is 25.0 Å². The lowest BCUT2D eigenvalue weighted by Gasteiger charge is -2.33. The van der Waals surface area contributed by atoms with Crippen LogP contribution in [0.3, 0.4) is 0 Å². The molecular formula is C14H21N3O. The fourth-order valence-corrected chi connectivity index (χ4v) is 2.42. The van der Waals surface area contributed by atoms with Crippen LogP contribution in [0.2, 0.25) is 0 Å². The molecule has 1 aromatic heterocycles. The van der Waals surface area contributed by atoms with Crippen LogP contribution >= 0.6 is 0 Å². The van der Waals surface area contributed by atoms with Gasteiger partial charge in [-0.1, -0.05) is 6.07 Å². The maximum atomic E-state index is 11.1. The minimum absolute atomic E-state index is 0.213. The van der Waals surface area contributed by atoms with Crippen LogP contribution in [-0.4, -0.2) is 36.4 Å². The largest absolute Gasteiger partial charge is 0.360 e. The van der Waals surface area contributed by atoms with Crippen molar-refractivity contribution in [3.8, 4) is 0 Å². The van der Waals surface area contributed by atoms with E-state index in [1.807, 2.05) is 24.2 Å². The van der Waals surface area contributed by atoms with Crippen molar-refractivity contribution in [2.24, 2.45) is 0 Å². The Balaban J connectivity index is 2.15. The summed E-state index contributed by atoms with van der Waals surface area (Å²) in [4.78, 5) is 19.5. The van der Waals surface area contributed by atoms with Gasteiger partial charge in [-0.05, 0) is 37.8 Å². The van der Waals surface area contributed by atoms with Crippen LogP contribution in [-0.2, 0) is 4.79 Å². The Morgan fingerprint density at radius 1 is 1.50 bits per heavy atom. The first kappa shape index (κ1) is 12.9. The highest BCUT2D eigenvalue weighted by Crippen LogP contribution is 2.29. The highest BCUT2D eigenvalue weighted by molar-refractivity contribution is 5.49. The van der Waals surface area contributed by atoms with Gasteiger partial charge in [0.1, 0.15) is 5.82 Å². The molecule has 1 aliphatic rings. The first-order chi connectivity index (χ1) is 8.76. The Morgan fingerprint density at radius 3 is 2.94 bits per heavy atom. The van der Waals surface area contributed by atoms with E-state index in [1.165, 1.54) is 6.42 Å². The summed E-state index contributed by atoms with van der Waals surface area (Å²) in [6.07, 6.45) is 6.22. The van der Waals surface area contributed by atoms with Gasteiger partial charge < -0.3 is 9.80 Å². The van der Waals surface area contributed by atoms with E-state index in [4.69, 9.17) is 0 Å². The molecule has 2 heterocycles. The molecule has 4 heteroatoms. The maximum Gasteiger partial charge on any atom is 0.210 e. The van der Waals surface area contributed by atoms with Gasteiger partial charge >= 0.3 is 0 Å². The zero-order valence-electron chi connectivity index (χ0n) is 11.2. The Hall–Kier alpha value is -1.58. The lowest BCUT2D eigenvalue weighted by atomic mass is 9.97. The van der Waals surface area contributed by atoms with Crippen LogP contribution in [0.5, 0.6) is 0 Å². The lowest BCUT2D eigenvalue weighted by Crippen LogP contribution is -2.32. The molecular weight excluding hydrogens is 226 g/mol. The van der Waals surface area contributed by atoms with Gasteiger partial charge in [-0.15, -0.1) is 0 Å². The third-order valence-electron chi connectivity index (χ3n) is 3.70. The first-order valence-corrected chi connectivity index (χ1v) is 6.64. The second kappa shape index (κ2) is 5.85. The van der Waals surface area contributed by atoms with Gasteiger partial charge in [-0.3, -0.25) is 4.79 Å². The Bertz CT molecular complexity index is 391. The van der Waals surface area contributed by atoms with Crippen molar-refractivity contribution in [3.05, 3.63) is 23.9 Å². The summed E-state index contributed by atoms with van der Waals surface area (Å²) in [7, 11) is 2.03. The van der Waals surface area contributed by atoms with Gasteiger partial charge in [0, 0.05) is 26.3 Å². The SMILES string of the molecule is CCN(C)c1ccc(C2CCCCN2C=O)cn1. The molecule has 2 rings (SSSR count). The van der Waals surface area contributed by atoms with Crippen molar-refractivity contribution in [1.82, 2.24) is 9.88 Å². The van der Waals surface area contributed by atoms with Crippen molar-refractivity contribution in [1.29, 1.82) is 0 Å². The van der Waals surface area contributed by atoms with Crippen LogP contribution in [0.15, 0.2) is 18.3 Å². The number of aromatic nitrogens is 1. The van der Waals surface area contributed by atoms with Crippen LogP contribution in [0.1, 0.15) is 37.8 Å². The topological polar surface area (TPSA) is 36.4 Å². The second-order valence-corrected chi connectivity index (χ2v) is 4.82. The molecule has 1 aromatic rings. The third-order valence-corrected chi connectivity index (χ3v) is 3.70. The molecule has 4 nitrogen and oxygen atoms in total. The predicted molar refractivity (Wildman–Crippen MR) is 72.5 cm³/mol. The van der Waals surface area contributed by atoms with Crippen molar-refractivity contribution in [2.45, 2.75) is 32.2 Å². The van der Waals surface area contributed by atoms with Crippen LogP contribution < -0.4 is 4.90 Å². The number of pyridine rings is 1. The van der Waals surface area contributed by atoms with Gasteiger partial charge in [0.2, 0.25) is 6.41 Å². The highest BCUT2D eigenvalue weighted by Gasteiger charge is 2.22. The van der Waals surface area contributed by atoms with Crippen LogP contribution in [0, 0.1) is 0 Å². The fourth-order valence-electron chi connectivity index (χ4n) is 2.42. The minimum Gasteiger partial charge on any atom is -0.360 e. The van der Waals surface area contributed by atoms with E-state index in [0.29, 0.717) is 0 Å². The average Bonchev–Trinajstić information content (AvgIpc) is 2.46. The van der Waals surface area contributed by atoms with Gasteiger partial charge in [-0.25, -0.2) is 4.98 Å². The van der Waals surface area contributed by atoms with Crippen molar-refractivity contribution < 1.29 is 4.79 Å². The van der Waals surface area contributed by atoms with Crippen LogP contribution in [0.4, 0.5) is 5.82 Å². The molecule has 0 spiro atoms. The quantitative estimate of drug-likeness (QED) is 0.765. The molecule has 1 amide bonds. The standard InChI is InChI=1S/C14H21N3O/c1-3-16(2)14-8-7-12(10-15-14)13-6-4-5-9-17(13)11-18/h7-8,10-11,13H,3-6,9H2,1-2H3. The molecule has 0 aromatic carbocycles. The number of anilines is 1. The number of hydrogen-bond acceptors (Lipinski definition) is 3. The molecule has 1 aliphatic heterocycles. The molecule has 0 N–H and O–H groups in total. The van der Waals surface area contributed by atoms with E-state index in [2.05, 4.69) is 22.9 Å². The fraction of sp³-hybridized carbons (Fsp3) is 0.571. The monoisotopic (exact) mass is 247 g/mol. The molecule has 1 unspecified atom stereocenters. The number of carbonyl (C=O) groups excluding carboxylic acids is 1. The van der Waals surface area contributed by atoms with Gasteiger partial charge in [0.25, 0.3) is 0 Å². The van der Waals surface area contributed by atoms with E-state index >= 15 is 0 Å². The van der Waals surface area contributed by atoms with Crippen molar-refractivity contribution >= 4 is 12.2 Å². The van der Waals surface area contributed by atoms with Gasteiger partial charge in [-0.2, -0.15) is 0 Å². The number of piperidine rings is 1. The van der Waals surface area contributed by atoms with E-state index in [0.717, 1.165) is 43.7 Å². The second-order valence-electron chi connectivity index (χ2n) is 4.82. The molecule has 1 atom stereocenters. The lowest BCUT2D eigenvalue weighted by molar-refractivity contribution is -0.121. The zero-order chi connectivity index (χ0) is 13.0. The average molecular weight is 247 g/mol. The molecule has 1 saturated heterocycles. The Kier molecular flexibility index (Phi) is 4.18. The molecule has 0 bridgehead atoms. The highest BCUT2D eigenvalue weighted by atomic mass is 16.1. The smallest absolute Gasteiger partial charge is 0.210 e. The van der Waals surface area contributed by atoms with Gasteiger partial charge in [0.05, 0.1) is 6.04 Å². The third kappa shape index (κ3) is 2.63. The van der Waals surface area contributed by atoms with Crippen molar-refractivity contribution in [3.63, 3.8) is 0 Å². The Morgan fingerprint density at radius 2 is 2.33 bits per heavy atom. The number of likely N-dealkylation sites (tertiary alicyclic amines) is 1. The number of nitrogens with zero attached hydrogens (tertiary/aromatic N) is 3. The molecule has 0 radical (unpaired) electrons. The number of hydrogen-bond donors (Lipinski definition) is 0. The molecule has 1 fully saturated rings. The summed E-state index contributed by atoms with van der Waals surface area (Å²) >= 11 is 0. The number of amides is 1. The number of rotatable bonds is 4. The summed E-state index contributed by atoms with van der Waals surface area (Å²) in [6.45, 7) is 3.91. The zero-order valence-corrected chi connectivity index (χ0v) is 11.2. The summed E-state index contributed by atoms with van der Waals surface area (Å²) in [5.74, 6) is 0.981. The van der Waals surface area contributed by atoms with E-state index in [-0.39, 0.29) is 6.04 Å². The van der Waals surface area contributed by atoms with Crippen LogP contribution in [0.25, 0.3) is 0 Å². The first-order valence-electron chi connectivity index (χ1n) is 6.64. The maximum absolute atomic E-state index is 11.1. The molecule has 0 aliphatic carbocycles. The molecule has 98 valence electrons. The Labute approximate surface area is 109 Å². The van der Waals surface area contributed by atoms with Gasteiger partial charge in [0.15, 0.2) is 0 Å². The van der Waals surface area contributed by atoms with E-state index < -0.39 is 0 Å². The van der Waals surface area contributed by atoms with E-state index in [1.54, 1.807) is 0 Å². The minimum atomic E-state index is 0.213.